The Hall–Kier alpha value is -2.60. The van der Waals surface area contributed by atoms with Gasteiger partial charge >= 0.3 is 0 Å². The van der Waals surface area contributed by atoms with Crippen LogP contribution < -0.4 is 5.32 Å². The minimum atomic E-state index is -0.286. The molecule has 1 amide bonds. The van der Waals surface area contributed by atoms with Gasteiger partial charge in [-0.1, -0.05) is 30.3 Å². The molecule has 0 aliphatic heterocycles. The summed E-state index contributed by atoms with van der Waals surface area (Å²) in [5, 5.41) is 3.46. The molecule has 0 spiro atoms. The lowest BCUT2D eigenvalue weighted by molar-refractivity contribution is 0.102. The molecular weight excluding hydrogens is 284 g/mol. The number of benzene rings is 1. The highest BCUT2D eigenvalue weighted by molar-refractivity contribution is 7.10. The maximum Gasteiger partial charge on any atom is 0.276 e. The van der Waals surface area contributed by atoms with E-state index in [4.69, 9.17) is 0 Å². The Morgan fingerprint density at radius 1 is 1.14 bits per heavy atom. The molecule has 0 saturated carbocycles. The SMILES string of the molecule is Cc1cnc(C(=O)Nc2cc(-c3ccccc3)ns2)cn1. The lowest BCUT2D eigenvalue weighted by Gasteiger charge is -2.00. The monoisotopic (exact) mass is 296 g/mol. The van der Waals surface area contributed by atoms with Crippen molar-refractivity contribution < 1.29 is 4.79 Å². The predicted molar refractivity (Wildman–Crippen MR) is 82.3 cm³/mol. The lowest BCUT2D eigenvalue weighted by atomic mass is 10.2. The lowest BCUT2D eigenvalue weighted by Crippen LogP contribution is -2.13. The Labute approximate surface area is 125 Å². The third-order valence-electron chi connectivity index (χ3n) is 2.83. The molecule has 2 aromatic heterocycles. The molecule has 3 rings (SSSR count). The Kier molecular flexibility index (Phi) is 3.70. The Morgan fingerprint density at radius 2 is 1.95 bits per heavy atom. The van der Waals surface area contributed by atoms with Gasteiger partial charge in [0.1, 0.15) is 10.7 Å². The largest absolute Gasteiger partial charge is 0.311 e. The standard InChI is InChI=1S/C15H12N4OS/c1-10-8-17-13(9-16-10)15(20)18-14-7-12(19-21-14)11-5-3-2-4-6-11/h2-9H,1H3,(H,18,20). The molecule has 21 heavy (non-hydrogen) atoms. The Bertz CT molecular complexity index is 753. The normalized spacial score (nSPS) is 10.3. The molecule has 0 atom stereocenters. The van der Waals surface area contributed by atoms with Crippen LogP contribution in [-0.4, -0.2) is 20.2 Å². The fourth-order valence-corrected chi connectivity index (χ4v) is 2.42. The Balaban J connectivity index is 1.75. The summed E-state index contributed by atoms with van der Waals surface area (Å²) >= 11 is 1.24. The molecule has 0 saturated heterocycles. The van der Waals surface area contributed by atoms with E-state index in [0.717, 1.165) is 17.0 Å². The van der Waals surface area contributed by atoms with Gasteiger partial charge in [0.05, 0.1) is 17.6 Å². The van der Waals surface area contributed by atoms with Gasteiger partial charge in [-0.15, -0.1) is 0 Å². The first kappa shape index (κ1) is 13.4. The molecule has 5 nitrogen and oxygen atoms in total. The van der Waals surface area contributed by atoms with Crippen molar-refractivity contribution in [1.29, 1.82) is 0 Å². The van der Waals surface area contributed by atoms with Gasteiger partial charge in [-0.05, 0) is 18.5 Å². The summed E-state index contributed by atoms with van der Waals surface area (Å²) in [6, 6.07) is 11.7. The number of anilines is 1. The predicted octanol–water partition coefficient (Wildman–Crippen LogP) is 3.16. The van der Waals surface area contributed by atoms with E-state index in [1.54, 1.807) is 6.20 Å². The van der Waals surface area contributed by atoms with Crippen LogP contribution in [0.5, 0.6) is 0 Å². The van der Waals surface area contributed by atoms with Gasteiger partial charge in [0.2, 0.25) is 0 Å². The van der Waals surface area contributed by atoms with Gasteiger partial charge in [-0.3, -0.25) is 9.78 Å². The molecule has 104 valence electrons. The molecule has 0 bridgehead atoms. The highest BCUT2D eigenvalue weighted by atomic mass is 32.1. The van der Waals surface area contributed by atoms with Gasteiger partial charge < -0.3 is 5.32 Å². The highest BCUT2D eigenvalue weighted by Gasteiger charge is 2.11. The van der Waals surface area contributed by atoms with Gasteiger partial charge in [-0.25, -0.2) is 4.98 Å². The van der Waals surface area contributed by atoms with Gasteiger partial charge in [0.15, 0.2) is 0 Å². The summed E-state index contributed by atoms with van der Waals surface area (Å²) in [6.07, 6.45) is 3.03. The number of amides is 1. The summed E-state index contributed by atoms with van der Waals surface area (Å²) in [5.41, 5.74) is 2.92. The van der Waals surface area contributed by atoms with Crippen LogP contribution >= 0.6 is 11.5 Å². The van der Waals surface area contributed by atoms with Crippen LogP contribution in [0.4, 0.5) is 5.00 Å². The summed E-state index contributed by atoms with van der Waals surface area (Å²) < 4.78 is 4.34. The molecule has 6 heteroatoms. The number of carbonyl (C=O) groups excluding carboxylic acids is 1. The first-order valence-corrected chi connectivity index (χ1v) is 7.12. The van der Waals surface area contributed by atoms with Crippen LogP contribution in [0.15, 0.2) is 48.8 Å². The zero-order chi connectivity index (χ0) is 14.7. The van der Waals surface area contributed by atoms with E-state index < -0.39 is 0 Å². The maximum atomic E-state index is 12.0. The van der Waals surface area contributed by atoms with Gasteiger partial charge in [0.25, 0.3) is 5.91 Å². The molecule has 0 aliphatic carbocycles. The number of hydrogen-bond donors (Lipinski definition) is 1. The molecular formula is C15H12N4OS. The molecule has 1 N–H and O–H groups in total. The van der Waals surface area contributed by atoms with E-state index in [-0.39, 0.29) is 11.6 Å². The van der Waals surface area contributed by atoms with Gasteiger partial charge in [-0.2, -0.15) is 4.37 Å². The van der Waals surface area contributed by atoms with Crippen LogP contribution in [0.3, 0.4) is 0 Å². The van der Waals surface area contributed by atoms with Gasteiger partial charge in [0, 0.05) is 17.8 Å². The van der Waals surface area contributed by atoms with E-state index in [2.05, 4.69) is 19.7 Å². The van der Waals surface area contributed by atoms with Crippen molar-refractivity contribution in [1.82, 2.24) is 14.3 Å². The second-order valence-corrected chi connectivity index (χ2v) is 5.24. The quantitative estimate of drug-likeness (QED) is 0.806. The van der Waals surface area contributed by atoms with Crippen molar-refractivity contribution in [2.24, 2.45) is 0 Å². The molecule has 2 heterocycles. The molecule has 3 aromatic rings. The van der Waals surface area contributed by atoms with Crippen molar-refractivity contribution in [3.8, 4) is 11.3 Å². The minimum absolute atomic E-state index is 0.286. The highest BCUT2D eigenvalue weighted by Crippen LogP contribution is 2.25. The average molecular weight is 296 g/mol. The maximum absolute atomic E-state index is 12.0. The van der Waals surface area contributed by atoms with Crippen molar-refractivity contribution in [3.05, 3.63) is 60.2 Å². The minimum Gasteiger partial charge on any atom is -0.311 e. The van der Waals surface area contributed by atoms with E-state index in [9.17, 15) is 4.79 Å². The second kappa shape index (κ2) is 5.80. The molecule has 0 unspecified atom stereocenters. The number of hydrogen-bond acceptors (Lipinski definition) is 5. The number of carbonyl (C=O) groups is 1. The third kappa shape index (κ3) is 3.11. The number of aryl methyl sites for hydroxylation is 1. The van der Waals surface area contributed by atoms with E-state index in [1.165, 1.54) is 17.7 Å². The summed E-state index contributed by atoms with van der Waals surface area (Å²) in [4.78, 5) is 20.1. The smallest absolute Gasteiger partial charge is 0.276 e. The van der Waals surface area contributed by atoms with Crippen LogP contribution in [-0.2, 0) is 0 Å². The fourth-order valence-electron chi connectivity index (χ4n) is 1.76. The van der Waals surface area contributed by atoms with Crippen molar-refractivity contribution >= 4 is 22.4 Å². The molecule has 0 fully saturated rings. The van der Waals surface area contributed by atoms with E-state index in [0.29, 0.717) is 5.00 Å². The van der Waals surface area contributed by atoms with E-state index in [1.807, 2.05) is 43.3 Å². The third-order valence-corrected chi connectivity index (χ3v) is 3.53. The zero-order valence-corrected chi connectivity index (χ0v) is 12.1. The topological polar surface area (TPSA) is 67.8 Å². The van der Waals surface area contributed by atoms with Crippen molar-refractivity contribution in [2.45, 2.75) is 6.92 Å². The molecule has 0 aliphatic rings. The second-order valence-electron chi connectivity index (χ2n) is 4.44. The first-order valence-electron chi connectivity index (χ1n) is 6.34. The number of rotatable bonds is 3. The zero-order valence-electron chi connectivity index (χ0n) is 11.3. The summed E-state index contributed by atoms with van der Waals surface area (Å²) in [5.74, 6) is -0.286. The van der Waals surface area contributed by atoms with Crippen LogP contribution in [0.25, 0.3) is 11.3 Å². The van der Waals surface area contributed by atoms with Crippen molar-refractivity contribution in [3.63, 3.8) is 0 Å². The van der Waals surface area contributed by atoms with E-state index >= 15 is 0 Å². The Morgan fingerprint density at radius 3 is 2.67 bits per heavy atom. The number of aromatic nitrogens is 3. The molecule has 1 aromatic carbocycles. The molecule has 0 radical (unpaired) electrons. The summed E-state index contributed by atoms with van der Waals surface area (Å²) in [6.45, 7) is 1.82. The number of nitrogens with one attached hydrogen (secondary N) is 1. The fraction of sp³-hybridized carbons (Fsp3) is 0.0667. The average Bonchev–Trinajstić information content (AvgIpc) is 2.97. The van der Waals surface area contributed by atoms with Crippen LogP contribution in [0.2, 0.25) is 0 Å². The first-order chi connectivity index (χ1) is 10.2. The van der Waals surface area contributed by atoms with Crippen molar-refractivity contribution in [2.75, 3.05) is 5.32 Å². The summed E-state index contributed by atoms with van der Waals surface area (Å²) in [7, 11) is 0. The van der Waals surface area contributed by atoms with Crippen LogP contribution in [0, 0.1) is 6.92 Å². The number of nitrogens with zero attached hydrogens (tertiary/aromatic N) is 3. The van der Waals surface area contributed by atoms with Crippen LogP contribution in [0.1, 0.15) is 16.2 Å².